The van der Waals surface area contributed by atoms with E-state index < -0.39 is 0 Å². The van der Waals surface area contributed by atoms with Crippen molar-refractivity contribution in [3.8, 4) is 0 Å². The van der Waals surface area contributed by atoms with Gasteiger partial charge in [0.2, 0.25) is 11.8 Å². The van der Waals surface area contributed by atoms with Gasteiger partial charge in [0, 0.05) is 25.3 Å². The first-order chi connectivity index (χ1) is 13.7. The molecule has 0 aliphatic rings. The van der Waals surface area contributed by atoms with Gasteiger partial charge in [0.15, 0.2) is 0 Å². The first-order valence-corrected chi connectivity index (χ1v) is 11.3. The Balaban J connectivity index is 3.51. The van der Waals surface area contributed by atoms with E-state index in [1.807, 2.05) is 0 Å². The van der Waals surface area contributed by atoms with Gasteiger partial charge in [0.05, 0.1) is 0 Å². The Bertz CT molecular complexity index is 396. The van der Waals surface area contributed by atoms with Crippen molar-refractivity contribution in [1.29, 1.82) is 0 Å². The van der Waals surface area contributed by atoms with Crippen LogP contribution < -0.4 is 10.9 Å². The first kappa shape index (κ1) is 26.3. The molecule has 2 N–H and O–H groups in total. The summed E-state index contributed by atoms with van der Waals surface area (Å²) in [5.74, 6) is -0.490. The average molecular weight is 395 g/mol. The minimum Gasteiger partial charge on any atom is -0.273 e. The summed E-state index contributed by atoms with van der Waals surface area (Å²) >= 11 is 0. The lowest BCUT2D eigenvalue weighted by Gasteiger charge is -2.00. The molecule has 6 nitrogen and oxygen atoms in total. The Morgan fingerprint density at radius 3 is 1.36 bits per heavy atom. The average Bonchev–Trinajstić information content (AvgIpc) is 2.69. The van der Waals surface area contributed by atoms with Crippen LogP contribution in [0.25, 0.3) is 0 Å². The molecule has 0 aliphatic heterocycles. The Kier molecular flexibility index (Phi) is 20.3. The summed E-state index contributed by atoms with van der Waals surface area (Å²) < 4.78 is 0. The molecule has 2 amide bonds. The highest BCUT2D eigenvalue weighted by Gasteiger charge is 2.04. The molecule has 0 aromatic rings. The smallest absolute Gasteiger partial charge is 0.240 e. The van der Waals surface area contributed by atoms with Crippen LogP contribution in [0.5, 0.6) is 0 Å². The van der Waals surface area contributed by atoms with Gasteiger partial charge in [-0.15, -0.1) is 0 Å². The van der Waals surface area contributed by atoms with E-state index in [-0.39, 0.29) is 24.7 Å². The van der Waals surface area contributed by atoms with Gasteiger partial charge in [0.1, 0.15) is 0 Å². The zero-order valence-electron chi connectivity index (χ0n) is 18.2. The Morgan fingerprint density at radius 1 is 0.607 bits per heavy atom. The van der Waals surface area contributed by atoms with Gasteiger partial charge in [-0.3, -0.25) is 9.59 Å². The highest BCUT2D eigenvalue weighted by Crippen LogP contribution is 2.06. The molecule has 0 saturated carbocycles. The van der Waals surface area contributed by atoms with Crippen LogP contribution in [0.2, 0.25) is 0 Å². The lowest BCUT2D eigenvalue weighted by atomic mass is 10.1. The van der Waals surface area contributed by atoms with Crippen LogP contribution in [0, 0.1) is 0 Å². The summed E-state index contributed by atoms with van der Waals surface area (Å²) in [6.07, 6.45) is 20.4. The molecular formula is C22H42N4O2. The normalized spacial score (nSPS) is 11.4. The molecule has 0 atom stereocenters. The van der Waals surface area contributed by atoms with E-state index in [1.165, 1.54) is 64.2 Å². The first-order valence-electron chi connectivity index (χ1n) is 11.3. The second-order valence-electron chi connectivity index (χ2n) is 7.31. The van der Waals surface area contributed by atoms with E-state index in [9.17, 15) is 9.59 Å². The number of hydrogen-bond acceptors (Lipinski definition) is 4. The summed E-state index contributed by atoms with van der Waals surface area (Å²) in [5, 5.41) is 7.84. The van der Waals surface area contributed by atoms with Gasteiger partial charge in [-0.2, -0.15) is 10.2 Å². The summed E-state index contributed by atoms with van der Waals surface area (Å²) in [4.78, 5) is 23.3. The maximum Gasteiger partial charge on any atom is 0.240 e. The minimum absolute atomic E-state index is 0.118. The zero-order chi connectivity index (χ0) is 20.7. The largest absolute Gasteiger partial charge is 0.273 e. The summed E-state index contributed by atoms with van der Waals surface area (Å²) in [7, 11) is 0. The van der Waals surface area contributed by atoms with Crippen LogP contribution in [-0.2, 0) is 9.59 Å². The van der Waals surface area contributed by atoms with Gasteiger partial charge >= 0.3 is 0 Å². The van der Waals surface area contributed by atoms with Crippen molar-refractivity contribution in [2.45, 2.75) is 117 Å². The van der Waals surface area contributed by atoms with E-state index in [0.29, 0.717) is 0 Å². The molecule has 0 aliphatic carbocycles. The number of unbranched alkanes of at least 4 members (excludes halogenated alkanes) is 12. The topological polar surface area (TPSA) is 82.9 Å². The predicted molar refractivity (Wildman–Crippen MR) is 118 cm³/mol. The fraction of sp³-hybridized carbons (Fsp3) is 0.818. The van der Waals surface area contributed by atoms with E-state index >= 15 is 0 Å². The molecule has 0 heterocycles. The zero-order valence-corrected chi connectivity index (χ0v) is 18.2. The van der Waals surface area contributed by atoms with Gasteiger partial charge in [-0.25, -0.2) is 10.9 Å². The second-order valence-corrected chi connectivity index (χ2v) is 7.31. The Morgan fingerprint density at radius 2 is 0.964 bits per heavy atom. The molecule has 28 heavy (non-hydrogen) atoms. The Labute approximate surface area is 172 Å². The minimum atomic E-state index is -0.245. The van der Waals surface area contributed by atoms with Gasteiger partial charge in [-0.1, -0.05) is 78.1 Å². The molecule has 0 aromatic heterocycles. The van der Waals surface area contributed by atoms with Crippen LogP contribution in [-0.4, -0.2) is 24.2 Å². The summed E-state index contributed by atoms with van der Waals surface area (Å²) in [6, 6.07) is 0. The van der Waals surface area contributed by atoms with E-state index in [0.717, 1.165) is 25.7 Å². The number of amides is 2. The number of nitrogens with zero attached hydrogens (tertiary/aromatic N) is 2. The van der Waals surface area contributed by atoms with Crippen LogP contribution in [0.15, 0.2) is 10.2 Å². The number of hydrazone groups is 2. The van der Waals surface area contributed by atoms with Crippen LogP contribution >= 0.6 is 0 Å². The fourth-order valence-electron chi connectivity index (χ4n) is 2.74. The number of rotatable bonds is 19. The predicted octanol–water partition coefficient (Wildman–Crippen LogP) is 5.47. The number of carbonyl (C=O) groups excluding carboxylic acids is 2. The molecule has 0 unspecified atom stereocenters. The summed E-state index contributed by atoms with van der Waals surface area (Å²) in [6.45, 7) is 4.42. The monoisotopic (exact) mass is 394 g/mol. The quantitative estimate of drug-likeness (QED) is 0.173. The standard InChI is InChI=1S/C22H42N4O2/c1-3-5-7-9-11-13-15-19-23-25-21(27)17-18-22(28)26-24-20-16-14-12-10-8-6-4-2/h19-20H,3-18H2,1-2H3,(H,25,27)(H,26,28)/b23-19-,24-20+. The molecule has 0 spiro atoms. The van der Waals surface area contributed by atoms with Crippen molar-refractivity contribution < 1.29 is 9.59 Å². The Hall–Kier alpha value is -1.72. The number of hydrogen-bond donors (Lipinski definition) is 2. The third-order valence-corrected chi connectivity index (χ3v) is 4.51. The van der Waals surface area contributed by atoms with Crippen molar-refractivity contribution in [2.75, 3.05) is 0 Å². The molecule has 0 rings (SSSR count). The molecule has 0 bridgehead atoms. The maximum absolute atomic E-state index is 11.6. The highest BCUT2D eigenvalue weighted by atomic mass is 16.2. The van der Waals surface area contributed by atoms with Crippen molar-refractivity contribution in [1.82, 2.24) is 10.9 Å². The maximum atomic E-state index is 11.6. The van der Waals surface area contributed by atoms with Crippen molar-refractivity contribution in [3.63, 3.8) is 0 Å². The molecule has 162 valence electrons. The van der Waals surface area contributed by atoms with E-state index in [1.54, 1.807) is 12.4 Å². The van der Waals surface area contributed by atoms with Crippen molar-refractivity contribution >= 4 is 24.2 Å². The molecule has 0 saturated heterocycles. The molecular weight excluding hydrogens is 352 g/mol. The van der Waals surface area contributed by atoms with Crippen LogP contribution in [0.3, 0.4) is 0 Å². The lowest BCUT2D eigenvalue weighted by molar-refractivity contribution is -0.126. The fourth-order valence-corrected chi connectivity index (χ4v) is 2.74. The van der Waals surface area contributed by atoms with E-state index in [4.69, 9.17) is 0 Å². The molecule has 0 fully saturated rings. The second kappa shape index (κ2) is 21.6. The van der Waals surface area contributed by atoms with Gasteiger partial charge in [0.25, 0.3) is 0 Å². The summed E-state index contributed by atoms with van der Waals surface area (Å²) in [5.41, 5.74) is 4.93. The lowest BCUT2D eigenvalue weighted by Crippen LogP contribution is -2.22. The molecule has 6 heteroatoms. The number of nitrogens with one attached hydrogen (secondary N) is 2. The van der Waals surface area contributed by atoms with E-state index in [2.05, 4.69) is 34.9 Å². The third kappa shape index (κ3) is 20.6. The highest BCUT2D eigenvalue weighted by molar-refractivity contribution is 5.84. The SMILES string of the molecule is CCCCCCCC/C=N\NC(=O)CCC(=O)N/N=C/CCCCCCCC. The van der Waals surface area contributed by atoms with Gasteiger partial charge < -0.3 is 0 Å². The number of carbonyl (C=O) groups is 2. The van der Waals surface area contributed by atoms with Crippen molar-refractivity contribution in [3.05, 3.63) is 0 Å². The molecule has 0 radical (unpaired) electrons. The third-order valence-electron chi connectivity index (χ3n) is 4.51. The molecule has 0 aromatic carbocycles. The van der Waals surface area contributed by atoms with Gasteiger partial charge in [-0.05, 0) is 25.7 Å². The van der Waals surface area contributed by atoms with Crippen LogP contribution in [0.1, 0.15) is 117 Å². The van der Waals surface area contributed by atoms with Crippen molar-refractivity contribution in [2.24, 2.45) is 10.2 Å². The van der Waals surface area contributed by atoms with Crippen LogP contribution in [0.4, 0.5) is 0 Å².